The first-order chi connectivity index (χ1) is 17.6. The molecule has 4 aromatic rings. The lowest BCUT2D eigenvalue weighted by Crippen LogP contribution is -2.34. The zero-order valence-electron chi connectivity index (χ0n) is 19.3. The fourth-order valence-corrected chi connectivity index (χ4v) is 5.44. The molecule has 1 aromatic heterocycles. The highest BCUT2D eigenvalue weighted by Crippen LogP contribution is 2.45. The number of oxazole rings is 1. The fraction of sp³-hybridized carbons (Fsp3) is 0.207. The average Bonchev–Trinajstić information content (AvgIpc) is 3.36. The standard InChI is InChI=1S/C29H22FN3O3/c30-22-6-2-1-4-19(22)17-10-12-18(13-11-17)26-24-21(28(34)33(26)15-16-8-9-16)14-31-25(24)20-5-3-7-23-27(20)36-29(35)32-23/h1-7,10-13,16,26H,8-9,14-15H2,(H,32,35). The number of carbonyl (C=O) groups is 1. The van der Waals surface area contributed by atoms with Crippen molar-refractivity contribution >= 4 is 22.7 Å². The van der Waals surface area contributed by atoms with Crippen LogP contribution in [0.5, 0.6) is 0 Å². The van der Waals surface area contributed by atoms with E-state index in [0.29, 0.717) is 52.5 Å². The monoisotopic (exact) mass is 479 g/mol. The number of hydrogen-bond donors (Lipinski definition) is 1. The number of amides is 1. The van der Waals surface area contributed by atoms with Gasteiger partial charge in [0.2, 0.25) is 0 Å². The summed E-state index contributed by atoms with van der Waals surface area (Å²) in [6, 6.07) is 19.7. The van der Waals surface area contributed by atoms with E-state index in [1.807, 2.05) is 47.4 Å². The number of fused-ring (bicyclic) bond motifs is 1. The van der Waals surface area contributed by atoms with Crippen molar-refractivity contribution in [3.05, 3.63) is 105 Å². The predicted molar refractivity (Wildman–Crippen MR) is 134 cm³/mol. The molecule has 1 aliphatic carbocycles. The van der Waals surface area contributed by atoms with E-state index >= 15 is 0 Å². The Balaban J connectivity index is 1.33. The van der Waals surface area contributed by atoms with Crippen molar-refractivity contribution in [2.75, 3.05) is 13.1 Å². The smallest absolute Gasteiger partial charge is 0.407 e. The molecule has 36 heavy (non-hydrogen) atoms. The summed E-state index contributed by atoms with van der Waals surface area (Å²) < 4.78 is 19.8. The highest BCUT2D eigenvalue weighted by atomic mass is 19.1. The van der Waals surface area contributed by atoms with Gasteiger partial charge in [0.05, 0.1) is 23.8 Å². The van der Waals surface area contributed by atoms with Crippen molar-refractivity contribution in [3.8, 4) is 11.1 Å². The lowest BCUT2D eigenvalue weighted by molar-refractivity contribution is -0.127. The van der Waals surface area contributed by atoms with Gasteiger partial charge in [0, 0.05) is 28.8 Å². The summed E-state index contributed by atoms with van der Waals surface area (Å²) in [6.45, 7) is 1.00. The minimum atomic E-state index is -0.525. The molecule has 1 amide bonds. The van der Waals surface area contributed by atoms with E-state index in [1.54, 1.807) is 18.2 Å². The number of aliphatic imine (C=N–C) groups is 1. The number of aromatic amines is 1. The van der Waals surface area contributed by atoms with E-state index in [4.69, 9.17) is 9.41 Å². The van der Waals surface area contributed by atoms with E-state index in [0.717, 1.165) is 29.5 Å². The minimum absolute atomic E-state index is 0.0153. The van der Waals surface area contributed by atoms with Crippen LogP contribution in [0.4, 0.5) is 4.39 Å². The SMILES string of the molecule is O=C1C2=C(C(c3cccc4[nH]c(=O)oc34)=NC2)C(c2ccc(-c3ccccc3F)cc2)N1CC1CC1. The van der Waals surface area contributed by atoms with Crippen molar-refractivity contribution in [1.29, 1.82) is 0 Å². The Morgan fingerprint density at radius 1 is 0.972 bits per heavy atom. The number of carbonyl (C=O) groups excluding carboxylic acids is 1. The third-order valence-electron chi connectivity index (χ3n) is 7.34. The summed E-state index contributed by atoms with van der Waals surface area (Å²) in [4.78, 5) is 34.9. The second-order valence-corrected chi connectivity index (χ2v) is 9.66. The van der Waals surface area contributed by atoms with Gasteiger partial charge in [-0.1, -0.05) is 48.5 Å². The summed E-state index contributed by atoms with van der Waals surface area (Å²) in [5.41, 5.74) is 6.27. The maximum absolute atomic E-state index is 14.4. The largest absolute Gasteiger partial charge is 0.417 e. The van der Waals surface area contributed by atoms with Crippen LogP contribution < -0.4 is 5.76 Å². The van der Waals surface area contributed by atoms with Crippen molar-refractivity contribution in [2.24, 2.45) is 10.9 Å². The van der Waals surface area contributed by atoms with Gasteiger partial charge >= 0.3 is 5.76 Å². The molecule has 7 heteroatoms. The summed E-state index contributed by atoms with van der Waals surface area (Å²) in [6.07, 6.45) is 2.25. The number of rotatable bonds is 5. The molecule has 1 atom stereocenters. The van der Waals surface area contributed by atoms with Gasteiger partial charge in [0.15, 0.2) is 5.58 Å². The summed E-state index contributed by atoms with van der Waals surface area (Å²) >= 11 is 0. The van der Waals surface area contributed by atoms with E-state index in [2.05, 4.69) is 4.98 Å². The molecule has 3 heterocycles. The maximum Gasteiger partial charge on any atom is 0.417 e. The molecule has 0 bridgehead atoms. The number of benzene rings is 3. The van der Waals surface area contributed by atoms with Crippen LogP contribution in [0.3, 0.4) is 0 Å². The van der Waals surface area contributed by atoms with Crippen molar-refractivity contribution in [1.82, 2.24) is 9.88 Å². The Labute approximate surface area is 205 Å². The molecule has 3 aromatic carbocycles. The number of hydrogen-bond acceptors (Lipinski definition) is 4. The Bertz CT molecular complexity index is 1660. The topological polar surface area (TPSA) is 78.7 Å². The molecule has 0 spiro atoms. The van der Waals surface area contributed by atoms with E-state index in [-0.39, 0.29) is 17.8 Å². The first kappa shape index (κ1) is 21.1. The lowest BCUT2D eigenvalue weighted by atomic mass is 9.90. The molecule has 2 aliphatic heterocycles. The number of aromatic nitrogens is 1. The Kier molecular flexibility index (Phi) is 4.61. The summed E-state index contributed by atoms with van der Waals surface area (Å²) in [5, 5.41) is 0. The number of halogens is 1. The second kappa shape index (κ2) is 7.88. The predicted octanol–water partition coefficient (Wildman–Crippen LogP) is 5.02. The molecule has 178 valence electrons. The second-order valence-electron chi connectivity index (χ2n) is 9.66. The first-order valence-electron chi connectivity index (χ1n) is 12.1. The molecule has 3 aliphatic rings. The van der Waals surface area contributed by atoms with Crippen molar-refractivity contribution in [3.63, 3.8) is 0 Å². The molecular weight excluding hydrogens is 457 g/mol. The van der Waals surface area contributed by atoms with Gasteiger partial charge in [0.25, 0.3) is 5.91 Å². The molecule has 1 unspecified atom stereocenters. The van der Waals surface area contributed by atoms with Crippen LogP contribution in [0.2, 0.25) is 0 Å². The lowest BCUT2D eigenvalue weighted by Gasteiger charge is -2.29. The maximum atomic E-state index is 14.4. The van der Waals surface area contributed by atoms with Gasteiger partial charge < -0.3 is 9.32 Å². The van der Waals surface area contributed by atoms with Crippen LogP contribution in [0, 0.1) is 11.7 Å². The van der Waals surface area contributed by atoms with Crippen LogP contribution in [-0.2, 0) is 4.79 Å². The van der Waals surface area contributed by atoms with E-state index in [9.17, 15) is 14.0 Å². The highest BCUT2D eigenvalue weighted by molar-refractivity contribution is 6.25. The van der Waals surface area contributed by atoms with Gasteiger partial charge in [-0.2, -0.15) is 0 Å². The van der Waals surface area contributed by atoms with Crippen LogP contribution in [0.25, 0.3) is 22.2 Å². The van der Waals surface area contributed by atoms with Gasteiger partial charge in [-0.15, -0.1) is 0 Å². The number of para-hydroxylation sites is 1. The number of H-pyrrole nitrogens is 1. The quantitative estimate of drug-likeness (QED) is 0.437. The van der Waals surface area contributed by atoms with Crippen LogP contribution >= 0.6 is 0 Å². The van der Waals surface area contributed by atoms with Gasteiger partial charge in [-0.3, -0.25) is 14.8 Å². The first-order valence-corrected chi connectivity index (χ1v) is 12.1. The third-order valence-corrected chi connectivity index (χ3v) is 7.34. The zero-order valence-corrected chi connectivity index (χ0v) is 19.3. The van der Waals surface area contributed by atoms with E-state index in [1.165, 1.54) is 6.07 Å². The number of nitrogens with zero attached hydrogens (tertiary/aromatic N) is 2. The van der Waals surface area contributed by atoms with Gasteiger partial charge in [-0.25, -0.2) is 9.18 Å². The molecule has 0 saturated heterocycles. The number of nitrogens with one attached hydrogen (secondary N) is 1. The molecular formula is C29H22FN3O3. The molecule has 0 radical (unpaired) electrons. The molecule has 1 saturated carbocycles. The van der Waals surface area contributed by atoms with Crippen LogP contribution in [0.15, 0.2) is 92.1 Å². The molecule has 1 fully saturated rings. The molecule has 6 nitrogen and oxygen atoms in total. The molecule has 1 N–H and O–H groups in total. The van der Waals surface area contributed by atoms with E-state index < -0.39 is 5.76 Å². The normalized spacial score (nSPS) is 19.4. The van der Waals surface area contributed by atoms with Gasteiger partial charge in [0.1, 0.15) is 5.82 Å². The Hall–Kier alpha value is -4.26. The van der Waals surface area contributed by atoms with Crippen LogP contribution in [0.1, 0.15) is 30.0 Å². The third kappa shape index (κ3) is 3.26. The molecule has 7 rings (SSSR count). The minimum Gasteiger partial charge on any atom is -0.407 e. The fourth-order valence-electron chi connectivity index (χ4n) is 5.44. The zero-order chi connectivity index (χ0) is 24.4. The Morgan fingerprint density at radius 3 is 2.53 bits per heavy atom. The summed E-state index contributed by atoms with van der Waals surface area (Å²) in [5.74, 6) is -0.265. The Morgan fingerprint density at radius 2 is 1.75 bits per heavy atom. The highest BCUT2D eigenvalue weighted by Gasteiger charge is 2.46. The van der Waals surface area contributed by atoms with Crippen LogP contribution in [-0.4, -0.2) is 34.6 Å². The van der Waals surface area contributed by atoms with Crippen molar-refractivity contribution in [2.45, 2.75) is 18.9 Å². The van der Waals surface area contributed by atoms with Gasteiger partial charge in [-0.05, 0) is 48.1 Å². The summed E-state index contributed by atoms with van der Waals surface area (Å²) in [7, 11) is 0. The van der Waals surface area contributed by atoms with Crippen molar-refractivity contribution < 1.29 is 13.6 Å². The average molecular weight is 480 g/mol.